The largest absolute Gasteiger partial charge is 0.433 e. The van der Waals surface area contributed by atoms with Crippen molar-refractivity contribution in [3.05, 3.63) is 59.2 Å². The molecule has 2 aromatic carbocycles. The van der Waals surface area contributed by atoms with E-state index in [-0.39, 0.29) is 5.75 Å². The molecule has 5 heteroatoms. The van der Waals surface area contributed by atoms with E-state index in [1.54, 1.807) is 30.3 Å². The zero-order valence-corrected chi connectivity index (χ0v) is 11.4. The van der Waals surface area contributed by atoms with Gasteiger partial charge in [-0.3, -0.25) is 0 Å². The molecule has 0 aliphatic carbocycles. The Labute approximate surface area is 121 Å². The molecule has 0 aromatic heterocycles. The van der Waals surface area contributed by atoms with Crippen LogP contribution in [0.2, 0.25) is 0 Å². The molecule has 0 aliphatic rings. The summed E-state index contributed by atoms with van der Waals surface area (Å²) in [6.07, 6.45) is 0. The lowest BCUT2D eigenvalue weighted by Crippen LogP contribution is -2.07. The van der Waals surface area contributed by atoms with Crippen molar-refractivity contribution in [1.82, 2.24) is 0 Å². The summed E-state index contributed by atoms with van der Waals surface area (Å²) in [5.41, 5.74) is 3.05. The Morgan fingerprint density at radius 1 is 1.24 bits per heavy atom. The molecule has 0 heterocycles. The fraction of sp³-hybridized carbons (Fsp3) is 0.188. The molecule has 0 saturated carbocycles. The number of benzene rings is 2. The topological polar surface area (TPSA) is 45.0 Å². The van der Waals surface area contributed by atoms with Crippen LogP contribution in [0.15, 0.2) is 42.5 Å². The normalized spacial score (nSPS) is 10.2. The molecule has 0 amide bonds. The molecule has 2 rings (SSSR count). The van der Waals surface area contributed by atoms with Gasteiger partial charge in [0.1, 0.15) is 5.75 Å². The van der Waals surface area contributed by atoms with Gasteiger partial charge in [0.2, 0.25) is 0 Å². The van der Waals surface area contributed by atoms with Crippen molar-refractivity contribution in [2.24, 2.45) is 0 Å². The second-order valence-corrected chi connectivity index (χ2v) is 4.48. The number of anilines is 1. The van der Waals surface area contributed by atoms with Crippen LogP contribution in [0.4, 0.5) is 14.5 Å². The summed E-state index contributed by atoms with van der Waals surface area (Å²) < 4.78 is 29.1. The van der Waals surface area contributed by atoms with Crippen LogP contribution in [0, 0.1) is 18.3 Å². The van der Waals surface area contributed by atoms with Crippen LogP contribution < -0.4 is 10.1 Å². The van der Waals surface area contributed by atoms with Gasteiger partial charge >= 0.3 is 6.61 Å². The van der Waals surface area contributed by atoms with Gasteiger partial charge in [0.05, 0.1) is 17.3 Å². The van der Waals surface area contributed by atoms with E-state index in [0.717, 1.165) is 11.1 Å². The maximum absolute atomic E-state index is 12.3. The first kappa shape index (κ1) is 14.8. The number of para-hydroxylation sites is 2. The number of aryl methyl sites for hydroxylation is 1. The van der Waals surface area contributed by atoms with Gasteiger partial charge in [0.25, 0.3) is 0 Å². The fourth-order valence-electron chi connectivity index (χ4n) is 1.97. The quantitative estimate of drug-likeness (QED) is 0.901. The van der Waals surface area contributed by atoms with Gasteiger partial charge in [-0.1, -0.05) is 18.2 Å². The molecule has 0 unspecified atom stereocenters. The van der Waals surface area contributed by atoms with Crippen molar-refractivity contribution >= 4 is 5.69 Å². The van der Waals surface area contributed by atoms with Crippen LogP contribution >= 0.6 is 0 Å². The van der Waals surface area contributed by atoms with Crippen LogP contribution in [-0.4, -0.2) is 6.61 Å². The third kappa shape index (κ3) is 3.93. The lowest BCUT2D eigenvalue weighted by molar-refractivity contribution is -0.0493. The first-order valence-corrected chi connectivity index (χ1v) is 6.37. The van der Waals surface area contributed by atoms with Crippen LogP contribution in [0.3, 0.4) is 0 Å². The molecule has 108 valence electrons. The second kappa shape index (κ2) is 6.71. The van der Waals surface area contributed by atoms with Crippen molar-refractivity contribution < 1.29 is 13.5 Å². The van der Waals surface area contributed by atoms with Gasteiger partial charge in [-0.05, 0) is 42.3 Å². The van der Waals surface area contributed by atoms with E-state index >= 15 is 0 Å². The van der Waals surface area contributed by atoms with Crippen LogP contribution in [0.1, 0.15) is 16.7 Å². The minimum absolute atomic E-state index is 0.110. The highest BCUT2D eigenvalue weighted by atomic mass is 19.3. The van der Waals surface area contributed by atoms with E-state index in [4.69, 9.17) is 5.26 Å². The molecular weight excluding hydrogens is 274 g/mol. The summed E-state index contributed by atoms with van der Waals surface area (Å²) in [6.45, 7) is -0.495. The molecule has 0 saturated heterocycles. The number of ether oxygens (including phenoxy) is 1. The lowest BCUT2D eigenvalue weighted by atomic mass is 10.1. The Kier molecular flexibility index (Phi) is 4.72. The van der Waals surface area contributed by atoms with E-state index in [9.17, 15) is 8.78 Å². The SMILES string of the molecule is Cc1cc(C#N)ccc1CNc1ccccc1OC(F)F. The molecule has 21 heavy (non-hydrogen) atoms. The summed E-state index contributed by atoms with van der Waals surface area (Å²) in [4.78, 5) is 0. The molecule has 0 spiro atoms. The van der Waals surface area contributed by atoms with Gasteiger partial charge in [0, 0.05) is 6.54 Å². The Morgan fingerprint density at radius 2 is 2.00 bits per heavy atom. The molecule has 1 N–H and O–H groups in total. The maximum atomic E-state index is 12.3. The van der Waals surface area contributed by atoms with Gasteiger partial charge < -0.3 is 10.1 Å². The van der Waals surface area contributed by atoms with Gasteiger partial charge in [-0.25, -0.2) is 0 Å². The van der Waals surface area contributed by atoms with Gasteiger partial charge in [-0.2, -0.15) is 14.0 Å². The summed E-state index contributed by atoms with van der Waals surface area (Å²) in [7, 11) is 0. The predicted molar refractivity (Wildman–Crippen MR) is 76.3 cm³/mol. The van der Waals surface area contributed by atoms with Crippen molar-refractivity contribution in [3.63, 3.8) is 0 Å². The van der Waals surface area contributed by atoms with E-state index in [0.29, 0.717) is 17.8 Å². The summed E-state index contributed by atoms with van der Waals surface area (Å²) >= 11 is 0. The number of nitrogens with one attached hydrogen (secondary N) is 1. The molecule has 2 aromatic rings. The predicted octanol–water partition coefficient (Wildman–Crippen LogP) is 4.08. The van der Waals surface area contributed by atoms with E-state index < -0.39 is 6.61 Å². The standard InChI is InChI=1S/C16H14F2N2O/c1-11-8-12(9-19)6-7-13(11)10-20-14-4-2-3-5-15(14)21-16(17)18/h2-8,16,20H,10H2,1H3. The van der Waals surface area contributed by atoms with E-state index in [2.05, 4.69) is 16.1 Å². The highest BCUT2D eigenvalue weighted by Gasteiger charge is 2.09. The number of alkyl halides is 2. The van der Waals surface area contributed by atoms with Crippen molar-refractivity contribution in [1.29, 1.82) is 5.26 Å². The highest BCUT2D eigenvalue weighted by molar-refractivity contribution is 5.56. The minimum atomic E-state index is -2.86. The number of halogens is 2. The lowest BCUT2D eigenvalue weighted by Gasteiger charge is -2.13. The summed E-state index contributed by atoms with van der Waals surface area (Å²) in [5, 5.41) is 11.9. The van der Waals surface area contributed by atoms with Crippen LogP contribution in [0.25, 0.3) is 0 Å². The smallest absolute Gasteiger partial charge is 0.387 e. The first-order chi connectivity index (χ1) is 10.1. The average molecular weight is 288 g/mol. The van der Waals surface area contributed by atoms with E-state index in [1.165, 1.54) is 6.07 Å². The highest BCUT2D eigenvalue weighted by Crippen LogP contribution is 2.26. The molecule has 0 bridgehead atoms. The van der Waals surface area contributed by atoms with Gasteiger partial charge in [0.15, 0.2) is 0 Å². The molecule has 0 fully saturated rings. The fourth-order valence-corrected chi connectivity index (χ4v) is 1.97. The van der Waals surface area contributed by atoms with Crippen LogP contribution in [0.5, 0.6) is 5.75 Å². The number of nitriles is 1. The molecule has 0 radical (unpaired) electrons. The molecule has 3 nitrogen and oxygen atoms in total. The second-order valence-electron chi connectivity index (χ2n) is 4.48. The Morgan fingerprint density at radius 3 is 2.67 bits per heavy atom. The average Bonchev–Trinajstić information content (AvgIpc) is 2.46. The Balaban J connectivity index is 2.12. The van der Waals surface area contributed by atoms with Crippen molar-refractivity contribution in [3.8, 4) is 11.8 Å². The summed E-state index contributed by atoms with van der Waals surface area (Å²) in [6, 6.07) is 14.0. The van der Waals surface area contributed by atoms with Crippen molar-refractivity contribution in [2.75, 3.05) is 5.32 Å². The minimum Gasteiger partial charge on any atom is -0.433 e. The number of hydrogen-bond donors (Lipinski definition) is 1. The number of hydrogen-bond acceptors (Lipinski definition) is 3. The van der Waals surface area contributed by atoms with Crippen molar-refractivity contribution in [2.45, 2.75) is 20.1 Å². The molecule has 0 atom stereocenters. The zero-order valence-electron chi connectivity index (χ0n) is 11.4. The number of nitrogens with zero attached hydrogens (tertiary/aromatic N) is 1. The maximum Gasteiger partial charge on any atom is 0.387 e. The summed E-state index contributed by atoms with van der Waals surface area (Å²) in [5.74, 6) is 0.110. The van der Waals surface area contributed by atoms with Crippen LogP contribution in [-0.2, 0) is 6.54 Å². The Hall–Kier alpha value is -2.61. The number of rotatable bonds is 5. The van der Waals surface area contributed by atoms with E-state index in [1.807, 2.05) is 13.0 Å². The Bertz CT molecular complexity index is 666. The molecular formula is C16H14F2N2O. The monoisotopic (exact) mass is 288 g/mol. The zero-order chi connectivity index (χ0) is 15.2. The first-order valence-electron chi connectivity index (χ1n) is 6.37. The molecule has 0 aliphatic heterocycles. The third-order valence-corrected chi connectivity index (χ3v) is 3.04. The third-order valence-electron chi connectivity index (χ3n) is 3.04. The van der Waals surface area contributed by atoms with Gasteiger partial charge in [-0.15, -0.1) is 0 Å².